The Kier molecular flexibility index (Phi) is 5.83. The Labute approximate surface area is 202 Å². The minimum Gasteiger partial charge on any atom is -0.284 e. The second-order valence-corrected chi connectivity index (χ2v) is 9.63. The number of benzene rings is 2. The fraction of sp³-hybridized carbons (Fsp3) is 0.269. The Balaban J connectivity index is 1.47. The van der Waals surface area contributed by atoms with E-state index in [1.807, 2.05) is 49.1 Å². The van der Waals surface area contributed by atoms with Gasteiger partial charge in [0.25, 0.3) is 5.78 Å². The lowest BCUT2D eigenvalue weighted by Gasteiger charge is -2.20. The number of anilines is 1. The highest BCUT2D eigenvalue weighted by molar-refractivity contribution is 7.22. The van der Waals surface area contributed by atoms with Crippen molar-refractivity contribution in [2.45, 2.75) is 47.1 Å². The van der Waals surface area contributed by atoms with Crippen LogP contribution >= 0.6 is 11.3 Å². The predicted octanol–water partition coefficient (Wildman–Crippen LogP) is 5.13. The van der Waals surface area contributed by atoms with Crippen molar-refractivity contribution in [2.24, 2.45) is 0 Å². The van der Waals surface area contributed by atoms with Crippen molar-refractivity contribution in [3.63, 3.8) is 0 Å². The highest BCUT2D eigenvalue weighted by Crippen LogP contribution is 2.33. The van der Waals surface area contributed by atoms with E-state index in [-0.39, 0.29) is 5.91 Å². The summed E-state index contributed by atoms with van der Waals surface area (Å²) in [5.74, 6) is 0.616. The minimum absolute atomic E-state index is 0.0368. The predicted molar refractivity (Wildman–Crippen MR) is 135 cm³/mol. The molecule has 1 amide bonds. The molecule has 0 N–H and O–H groups in total. The van der Waals surface area contributed by atoms with Gasteiger partial charge in [-0.05, 0) is 62.4 Å². The summed E-state index contributed by atoms with van der Waals surface area (Å²) >= 11 is 1.57. The molecule has 0 aliphatic carbocycles. The summed E-state index contributed by atoms with van der Waals surface area (Å²) in [4.78, 5) is 29.1. The maximum atomic E-state index is 13.6. The number of hydrogen-bond acceptors (Lipinski definition) is 6. The summed E-state index contributed by atoms with van der Waals surface area (Å²) in [7, 11) is 0. The van der Waals surface area contributed by atoms with E-state index in [1.165, 1.54) is 11.9 Å². The van der Waals surface area contributed by atoms with Crippen molar-refractivity contribution in [1.29, 1.82) is 0 Å². The van der Waals surface area contributed by atoms with Crippen LogP contribution in [0.4, 0.5) is 5.13 Å². The molecule has 0 radical (unpaired) electrons. The van der Waals surface area contributed by atoms with Gasteiger partial charge in [0.2, 0.25) is 5.91 Å². The van der Waals surface area contributed by atoms with E-state index >= 15 is 0 Å². The first-order valence-electron chi connectivity index (χ1n) is 11.3. The van der Waals surface area contributed by atoms with Gasteiger partial charge in [0.15, 0.2) is 5.13 Å². The molecule has 5 rings (SSSR count). The SMILES string of the molecule is Cc1cc(C)c2nc(N(Cc3ccccc3)C(=O)CCc3c(C)nc4ncnn4c3C)sc2c1. The van der Waals surface area contributed by atoms with Gasteiger partial charge in [0.1, 0.15) is 6.33 Å². The lowest BCUT2D eigenvalue weighted by atomic mass is 10.1. The zero-order valence-corrected chi connectivity index (χ0v) is 20.6. The Morgan fingerprint density at radius 1 is 1.06 bits per heavy atom. The number of thiazole rings is 1. The van der Waals surface area contributed by atoms with E-state index in [2.05, 4.69) is 41.0 Å². The third-order valence-corrected chi connectivity index (χ3v) is 7.14. The molecule has 0 unspecified atom stereocenters. The molecule has 0 aliphatic heterocycles. The molecule has 7 nitrogen and oxygen atoms in total. The molecule has 0 fully saturated rings. The number of carbonyl (C=O) groups excluding carboxylic acids is 1. The summed E-state index contributed by atoms with van der Waals surface area (Å²) < 4.78 is 2.83. The number of amides is 1. The Morgan fingerprint density at radius 3 is 2.65 bits per heavy atom. The first-order chi connectivity index (χ1) is 16.4. The third kappa shape index (κ3) is 4.17. The molecule has 3 aromatic heterocycles. The van der Waals surface area contributed by atoms with E-state index in [9.17, 15) is 4.79 Å². The van der Waals surface area contributed by atoms with Gasteiger partial charge >= 0.3 is 0 Å². The quantitative estimate of drug-likeness (QED) is 0.344. The second-order valence-electron chi connectivity index (χ2n) is 8.62. The largest absolute Gasteiger partial charge is 0.284 e. The maximum absolute atomic E-state index is 13.6. The van der Waals surface area contributed by atoms with E-state index in [4.69, 9.17) is 4.98 Å². The summed E-state index contributed by atoms with van der Waals surface area (Å²) in [6.45, 7) is 8.60. The fourth-order valence-electron chi connectivity index (χ4n) is 4.39. The lowest BCUT2D eigenvalue weighted by Crippen LogP contribution is -2.30. The Bertz CT molecular complexity index is 1500. The molecule has 172 valence electrons. The summed E-state index contributed by atoms with van der Waals surface area (Å²) in [5, 5.41) is 5.00. The molecule has 34 heavy (non-hydrogen) atoms. The Hall–Kier alpha value is -3.65. The minimum atomic E-state index is 0.0368. The average Bonchev–Trinajstić information content (AvgIpc) is 3.45. The van der Waals surface area contributed by atoms with Gasteiger partial charge in [-0.1, -0.05) is 47.7 Å². The molecule has 0 saturated carbocycles. The second kappa shape index (κ2) is 8.95. The molecular formula is C26H26N6OS. The summed E-state index contributed by atoms with van der Waals surface area (Å²) in [6, 6.07) is 14.3. The highest BCUT2D eigenvalue weighted by Gasteiger charge is 2.22. The zero-order chi connectivity index (χ0) is 23.8. The van der Waals surface area contributed by atoms with Gasteiger partial charge in [-0.25, -0.2) is 14.5 Å². The zero-order valence-electron chi connectivity index (χ0n) is 19.7. The number of hydrogen-bond donors (Lipinski definition) is 0. The van der Waals surface area contributed by atoms with Crippen molar-refractivity contribution in [2.75, 3.05) is 4.90 Å². The van der Waals surface area contributed by atoms with Crippen molar-refractivity contribution in [3.8, 4) is 0 Å². The van der Waals surface area contributed by atoms with Gasteiger partial charge in [0.05, 0.1) is 16.8 Å². The number of aromatic nitrogens is 5. The van der Waals surface area contributed by atoms with Gasteiger partial charge in [-0.2, -0.15) is 10.1 Å². The molecule has 0 spiro atoms. The van der Waals surface area contributed by atoms with Gasteiger partial charge < -0.3 is 0 Å². The molecule has 0 atom stereocenters. The van der Waals surface area contributed by atoms with E-state index in [1.54, 1.807) is 15.9 Å². The molecule has 3 heterocycles. The van der Waals surface area contributed by atoms with Crippen LogP contribution in [-0.4, -0.2) is 30.5 Å². The van der Waals surface area contributed by atoms with Crippen LogP contribution in [0, 0.1) is 27.7 Å². The molecule has 2 aromatic carbocycles. The van der Waals surface area contributed by atoms with Crippen LogP contribution < -0.4 is 4.90 Å². The first-order valence-corrected chi connectivity index (χ1v) is 12.1. The van der Waals surface area contributed by atoms with Crippen molar-refractivity contribution < 1.29 is 4.79 Å². The number of aryl methyl sites for hydroxylation is 4. The van der Waals surface area contributed by atoms with Crippen LogP contribution in [0.2, 0.25) is 0 Å². The van der Waals surface area contributed by atoms with Crippen molar-refractivity contribution >= 4 is 38.4 Å². The van der Waals surface area contributed by atoms with Crippen molar-refractivity contribution in [3.05, 3.63) is 82.4 Å². The van der Waals surface area contributed by atoms with Crippen LogP contribution in [0.1, 0.15) is 40.1 Å². The average molecular weight is 471 g/mol. The van der Waals surface area contributed by atoms with Crippen LogP contribution in [-0.2, 0) is 17.8 Å². The van der Waals surface area contributed by atoms with Gasteiger partial charge in [-0.3, -0.25) is 9.69 Å². The number of rotatable bonds is 6. The smallest absolute Gasteiger partial charge is 0.252 e. The lowest BCUT2D eigenvalue weighted by molar-refractivity contribution is -0.118. The van der Waals surface area contributed by atoms with Gasteiger partial charge in [0, 0.05) is 17.8 Å². The van der Waals surface area contributed by atoms with E-state index in [0.717, 1.165) is 43.4 Å². The molecule has 0 aliphatic rings. The van der Waals surface area contributed by atoms with Crippen molar-refractivity contribution in [1.82, 2.24) is 24.6 Å². The Morgan fingerprint density at radius 2 is 1.85 bits per heavy atom. The topological polar surface area (TPSA) is 76.3 Å². The summed E-state index contributed by atoms with van der Waals surface area (Å²) in [5.41, 5.74) is 7.23. The molecular weight excluding hydrogens is 444 g/mol. The van der Waals surface area contributed by atoms with Crippen LogP contribution in [0.15, 0.2) is 48.8 Å². The molecule has 0 saturated heterocycles. The molecule has 5 aromatic rings. The third-order valence-electron chi connectivity index (χ3n) is 6.11. The highest BCUT2D eigenvalue weighted by atomic mass is 32.1. The number of nitrogens with zero attached hydrogens (tertiary/aromatic N) is 6. The molecule has 0 bridgehead atoms. The monoisotopic (exact) mass is 470 g/mol. The normalized spacial score (nSPS) is 11.4. The van der Waals surface area contributed by atoms with E-state index < -0.39 is 0 Å². The van der Waals surface area contributed by atoms with Gasteiger partial charge in [-0.15, -0.1) is 0 Å². The number of carbonyl (C=O) groups is 1. The summed E-state index contributed by atoms with van der Waals surface area (Å²) in [6.07, 6.45) is 2.43. The number of fused-ring (bicyclic) bond motifs is 2. The standard InChI is InChI=1S/C26H26N6OS/c1-16-12-17(2)24-22(13-16)34-26(30-24)31(14-20-8-6-5-7-9-20)23(33)11-10-21-18(3)29-25-27-15-28-32(25)19(21)4/h5-9,12-13,15H,10-11,14H2,1-4H3. The van der Waals surface area contributed by atoms with Crippen LogP contribution in [0.25, 0.3) is 16.0 Å². The van der Waals surface area contributed by atoms with E-state index in [0.29, 0.717) is 25.2 Å². The van der Waals surface area contributed by atoms with Crippen LogP contribution in [0.3, 0.4) is 0 Å². The maximum Gasteiger partial charge on any atom is 0.252 e. The molecule has 8 heteroatoms. The fourth-order valence-corrected chi connectivity index (χ4v) is 5.55. The first kappa shape index (κ1) is 22.2. The van der Waals surface area contributed by atoms with Crippen LogP contribution in [0.5, 0.6) is 0 Å².